The van der Waals surface area contributed by atoms with E-state index < -0.39 is 0 Å². The summed E-state index contributed by atoms with van der Waals surface area (Å²) in [5.41, 5.74) is 1.68. The molecule has 0 amide bonds. The summed E-state index contributed by atoms with van der Waals surface area (Å²) in [6, 6.07) is 8.76. The molecule has 132 valence electrons. The fraction of sp³-hybridized carbons (Fsp3) is 0.632. The van der Waals surface area contributed by atoms with Crippen molar-refractivity contribution in [3.63, 3.8) is 0 Å². The average molecular weight is 394 g/mol. The Labute approximate surface area is 153 Å². The zero-order valence-corrected chi connectivity index (χ0v) is 16.3. The zero-order chi connectivity index (χ0) is 17.0. The number of hydrogen-bond donors (Lipinski definition) is 1. The van der Waals surface area contributed by atoms with Crippen LogP contribution in [0, 0.1) is 5.92 Å². The molecule has 1 aromatic rings. The molecular weight excluding hydrogens is 366 g/mol. The third kappa shape index (κ3) is 3.94. The third-order valence-electron chi connectivity index (χ3n) is 5.46. The molecule has 1 aliphatic carbocycles. The van der Waals surface area contributed by atoms with E-state index in [4.69, 9.17) is 4.74 Å². The monoisotopic (exact) mass is 393 g/mol. The van der Waals surface area contributed by atoms with Crippen LogP contribution in [-0.2, 0) is 10.2 Å². The Bertz CT molecular complexity index is 580. The number of nitrogens with zero attached hydrogens (tertiary/aromatic N) is 2. The van der Waals surface area contributed by atoms with Crippen LogP contribution in [-0.4, -0.2) is 51.3 Å². The summed E-state index contributed by atoms with van der Waals surface area (Å²) in [6.45, 7) is 3.73. The molecule has 1 unspecified atom stereocenters. The van der Waals surface area contributed by atoms with Gasteiger partial charge in [0.15, 0.2) is 5.96 Å². The topological polar surface area (TPSA) is 36.9 Å². The maximum atomic E-state index is 5.49. The predicted molar refractivity (Wildman–Crippen MR) is 103 cm³/mol. The highest BCUT2D eigenvalue weighted by molar-refractivity contribution is 9.10. The molecule has 2 aliphatic rings. The van der Waals surface area contributed by atoms with Crippen molar-refractivity contribution in [2.24, 2.45) is 10.9 Å². The number of guanidine groups is 1. The van der Waals surface area contributed by atoms with Crippen molar-refractivity contribution >= 4 is 21.9 Å². The standard InChI is InChI=1S/C19H28BrN3O/c1-21-18(23(2)12-15-7-10-24-13-15)22-14-19(8-4-9-19)16-5-3-6-17(20)11-16/h3,5-6,11,15H,4,7-10,12-14H2,1-2H3,(H,21,22). The van der Waals surface area contributed by atoms with Crippen LogP contribution in [0.25, 0.3) is 0 Å². The first kappa shape index (κ1) is 17.7. The van der Waals surface area contributed by atoms with E-state index in [2.05, 4.69) is 62.5 Å². The molecule has 0 aromatic heterocycles. The predicted octanol–water partition coefficient (Wildman–Crippen LogP) is 3.41. The summed E-state index contributed by atoms with van der Waals surface area (Å²) in [7, 11) is 4.00. The highest BCUT2D eigenvalue weighted by Gasteiger charge is 2.39. The lowest BCUT2D eigenvalue weighted by atomic mass is 9.64. The minimum Gasteiger partial charge on any atom is -0.381 e. The van der Waals surface area contributed by atoms with E-state index in [1.54, 1.807) is 0 Å². The molecule has 1 aliphatic heterocycles. The molecule has 0 radical (unpaired) electrons. The first-order chi connectivity index (χ1) is 11.6. The highest BCUT2D eigenvalue weighted by Crippen LogP contribution is 2.43. The smallest absolute Gasteiger partial charge is 0.193 e. The van der Waals surface area contributed by atoms with Gasteiger partial charge in [0.1, 0.15) is 0 Å². The number of nitrogens with one attached hydrogen (secondary N) is 1. The molecule has 5 heteroatoms. The Kier molecular flexibility index (Phi) is 5.82. The molecule has 2 fully saturated rings. The Morgan fingerprint density at radius 1 is 1.46 bits per heavy atom. The van der Waals surface area contributed by atoms with E-state index in [0.29, 0.717) is 5.92 Å². The van der Waals surface area contributed by atoms with E-state index in [0.717, 1.165) is 43.2 Å². The summed E-state index contributed by atoms with van der Waals surface area (Å²) >= 11 is 3.61. The van der Waals surface area contributed by atoms with Crippen LogP contribution >= 0.6 is 15.9 Å². The number of ether oxygens (including phenoxy) is 1. The van der Waals surface area contributed by atoms with Crippen LogP contribution in [0.5, 0.6) is 0 Å². The molecule has 1 saturated carbocycles. The molecule has 1 N–H and O–H groups in total. The summed E-state index contributed by atoms with van der Waals surface area (Å²) in [4.78, 5) is 6.73. The van der Waals surface area contributed by atoms with Crippen molar-refractivity contribution in [2.45, 2.75) is 31.1 Å². The number of rotatable bonds is 5. The van der Waals surface area contributed by atoms with E-state index in [1.165, 1.54) is 24.8 Å². The van der Waals surface area contributed by atoms with E-state index in [1.807, 2.05) is 7.05 Å². The maximum absolute atomic E-state index is 5.49. The third-order valence-corrected chi connectivity index (χ3v) is 5.96. The van der Waals surface area contributed by atoms with Gasteiger partial charge in [0.2, 0.25) is 0 Å². The first-order valence-corrected chi connectivity index (χ1v) is 9.68. The van der Waals surface area contributed by atoms with Gasteiger partial charge in [0, 0.05) is 49.6 Å². The summed E-state index contributed by atoms with van der Waals surface area (Å²) in [6.07, 6.45) is 4.95. The molecular formula is C19H28BrN3O. The largest absolute Gasteiger partial charge is 0.381 e. The highest BCUT2D eigenvalue weighted by atomic mass is 79.9. The van der Waals surface area contributed by atoms with Crippen LogP contribution in [0.15, 0.2) is 33.7 Å². The molecule has 0 bridgehead atoms. The Balaban J connectivity index is 1.61. The van der Waals surface area contributed by atoms with Crippen molar-refractivity contribution < 1.29 is 4.74 Å². The van der Waals surface area contributed by atoms with Crippen molar-refractivity contribution in [2.75, 3.05) is 40.4 Å². The zero-order valence-electron chi connectivity index (χ0n) is 14.7. The first-order valence-electron chi connectivity index (χ1n) is 8.88. The van der Waals surface area contributed by atoms with Gasteiger partial charge in [-0.3, -0.25) is 4.99 Å². The molecule has 4 nitrogen and oxygen atoms in total. The normalized spacial score (nSPS) is 23.0. The van der Waals surface area contributed by atoms with Crippen LogP contribution in [0.3, 0.4) is 0 Å². The van der Waals surface area contributed by atoms with Crippen molar-refractivity contribution in [1.82, 2.24) is 10.2 Å². The molecule has 1 saturated heterocycles. The van der Waals surface area contributed by atoms with Crippen LogP contribution in [0.1, 0.15) is 31.2 Å². The minimum atomic E-state index is 0.247. The minimum absolute atomic E-state index is 0.247. The van der Waals surface area contributed by atoms with Crippen LogP contribution in [0.4, 0.5) is 0 Å². The van der Waals surface area contributed by atoms with E-state index in [9.17, 15) is 0 Å². The second kappa shape index (κ2) is 7.87. The van der Waals surface area contributed by atoms with Gasteiger partial charge in [0.25, 0.3) is 0 Å². The summed E-state index contributed by atoms with van der Waals surface area (Å²) in [5, 5.41) is 3.62. The van der Waals surface area contributed by atoms with Gasteiger partial charge in [-0.15, -0.1) is 0 Å². The van der Waals surface area contributed by atoms with Gasteiger partial charge in [-0.05, 0) is 37.0 Å². The Hall–Kier alpha value is -1.07. The van der Waals surface area contributed by atoms with E-state index in [-0.39, 0.29) is 5.41 Å². The van der Waals surface area contributed by atoms with Crippen molar-refractivity contribution in [1.29, 1.82) is 0 Å². The van der Waals surface area contributed by atoms with Gasteiger partial charge in [-0.1, -0.05) is 34.5 Å². The molecule has 3 rings (SSSR count). The molecule has 24 heavy (non-hydrogen) atoms. The van der Waals surface area contributed by atoms with E-state index >= 15 is 0 Å². The Morgan fingerprint density at radius 3 is 2.88 bits per heavy atom. The lowest BCUT2D eigenvalue weighted by Gasteiger charge is -2.43. The molecule has 0 spiro atoms. The summed E-state index contributed by atoms with van der Waals surface area (Å²) < 4.78 is 6.65. The number of hydrogen-bond acceptors (Lipinski definition) is 2. The summed E-state index contributed by atoms with van der Waals surface area (Å²) in [5.74, 6) is 1.61. The molecule has 1 atom stereocenters. The van der Waals surface area contributed by atoms with Gasteiger partial charge in [0.05, 0.1) is 6.61 Å². The lowest BCUT2D eigenvalue weighted by Crippen LogP contribution is -2.50. The number of benzene rings is 1. The van der Waals surface area contributed by atoms with Crippen LogP contribution < -0.4 is 5.32 Å². The molecule has 1 heterocycles. The second-order valence-corrected chi connectivity index (χ2v) is 8.07. The van der Waals surface area contributed by atoms with Crippen molar-refractivity contribution in [3.8, 4) is 0 Å². The maximum Gasteiger partial charge on any atom is 0.193 e. The fourth-order valence-corrected chi connectivity index (χ4v) is 4.22. The second-order valence-electron chi connectivity index (χ2n) is 7.16. The number of aliphatic imine (C=N–C) groups is 1. The van der Waals surface area contributed by atoms with Crippen molar-refractivity contribution in [3.05, 3.63) is 34.3 Å². The lowest BCUT2D eigenvalue weighted by molar-refractivity contribution is 0.181. The van der Waals surface area contributed by atoms with Crippen LogP contribution in [0.2, 0.25) is 0 Å². The quantitative estimate of drug-likeness (QED) is 0.614. The van der Waals surface area contributed by atoms with Gasteiger partial charge in [-0.25, -0.2) is 0 Å². The average Bonchev–Trinajstić information content (AvgIpc) is 3.03. The number of halogens is 1. The Morgan fingerprint density at radius 2 is 2.29 bits per heavy atom. The van der Waals surface area contributed by atoms with Gasteiger partial charge < -0.3 is 15.0 Å². The molecule has 1 aromatic carbocycles. The van der Waals surface area contributed by atoms with Gasteiger partial charge in [-0.2, -0.15) is 0 Å². The SMILES string of the molecule is CN=C(NCC1(c2cccc(Br)c2)CCC1)N(C)CC1CCOC1. The van der Waals surface area contributed by atoms with Gasteiger partial charge >= 0.3 is 0 Å². The fourth-order valence-electron chi connectivity index (χ4n) is 3.82.